The summed E-state index contributed by atoms with van der Waals surface area (Å²) in [7, 11) is 0. The Morgan fingerprint density at radius 1 is 1.31 bits per heavy atom. The van der Waals surface area contributed by atoms with E-state index in [0.29, 0.717) is 17.7 Å². The third kappa shape index (κ3) is 2.85. The lowest BCUT2D eigenvalue weighted by Gasteiger charge is -2.36. The van der Waals surface area contributed by atoms with E-state index in [-0.39, 0.29) is 0 Å². The Kier molecular flexibility index (Phi) is 4.39. The molecule has 1 N–H and O–H groups in total. The first-order valence-corrected chi connectivity index (χ1v) is 7.07. The molecule has 1 heterocycles. The van der Waals surface area contributed by atoms with Gasteiger partial charge in [0.25, 0.3) is 0 Å². The maximum atomic E-state index is 12.0. The van der Waals surface area contributed by atoms with Crippen LogP contribution in [0.25, 0.3) is 0 Å². The number of Topliss-reactive ketones (excluding diaryl/α,β-unsaturated/α-hetero) is 1. The molecule has 0 amide bonds. The Hall–Kier alpha value is -0.370. The first kappa shape index (κ1) is 12.1. The van der Waals surface area contributed by atoms with Gasteiger partial charge < -0.3 is 5.32 Å². The smallest absolute Gasteiger partial charge is 0.137 e. The van der Waals surface area contributed by atoms with E-state index < -0.39 is 0 Å². The molecule has 92 valence electrons. The zero-order valence-electron chi connectivity index (χ0n) is 10.5. The van der Waals surface area contributed by atoms with Gasteiger partial charge in [0.2, 0.25) is 0 Å². The minimum absolute atomic E-state index is 0.339. The predicted molar refractivity (Wildman–Crippen MR) is 66.4 cm³/mol. The Labute approximate surface area is 99.2 Å². The highest BCUT2D eigenvalue weighted by molar-refractivity contribution is 5.82. The first-order valence-electron chi connectivity index (χ1n) is 7.07. The fourth-order valence-corrected chi connectivity index (χ4v) is 3.42. The van der Waals surface area contributed by atoms with Gasteiger partial charge >= 0.3 is 0 Å². The highest BCUT2D eigenvalue weighted by Crippen LogP contribution is 2.33. The minimum atomic E-state index is 0.339. The molecule has 0 spiro atoms. The number of hydrogen-bond acceptors (Lipinski definition) is 2. The van der Waals surface area contributed by atoms with Gasteiger partial charge in [-0.3, -0.25) is 4.79 Å². The molecular weight excluding hydrogens is 198 g/mol. The molecule has 3 unspecified atom stereocenters. The molecular formula is C14H25NO. The van der Waals surface area contributed by atoms with E-state index in [9.17, 15) is 4.79 Å². The van der Waals surface area contributed by atoms with Crippen LogP contribution in [0.4, 0.5) is 0 Å². The SMILES string of the molecule is CCCC1CCC(=O)C(C2CCCCN2)C1. The van der Waals surface area contributed by atoms with Gasteiger partial charge in [0, 0.05) is 18.4 Å². The van der Waals surface area contributed by atoms with E-state index in [1.54, 1.807) is 0 Å². The summed E-state index contributed by atoms with van der Waals surface area (Å²) in [5.41, 5.74) is 0. The summed E-state index contributed by atoms with van der Waals surface area (Å²) in [5.74, 6) is 1.69. The average Bonchev–Trinajstić information content (AvgIpc) is 2.33. The summed E-state index contributed by atoms with van der Waals surface area (Å²) >= 11 is 0. The monoisotopic (exact) mass is 223 g/mol. The van der Waals surface area contributed by atoms with Gasteiger partial charge in [-0.1, -0.05) is 26.2 Å². The van der Waals surface area contributed by atoms with Gasteiger partial charge in [-0.2, -0.15) is 0 Å². The summed E-state index contributed by atoms with van der Waals surface area (Å²) < 4.78 is 0. The van der Waals surface area contributed by atoms with Crippen LogP contribution in [0.2, 0.25) is 0 Å². The van der Waals surface area contributed by atoms with Gasteiger partial charge in [-0.25, -0.2) is 0 Å². The van der Waals surface area contributed by atoms with Crippen LogP contribution in [0.1, 0.15) is 58.3 Å². The number of rotatable bonds is 3. The molecule has 2 nitrogen and oxygen atoms in total. The molecule has 0 radical (unpaired) electrons. The molecule has 1 saturated carbocycles. The normalized spacial score (nSPS) is 36.3. The van der Waals surface area contributed by atoms with Crippen molar-refractivity contribution in [2.45, 2.75) is 64.3 Å². The van der Waals surface area contributed by atoms with Crippen LogP contribution in [0.3, 0.4) is 0 Å². The predicted octanol–water partition coefficient (Wildman–Crippen LogP) is 2.91. The molecule has 0 bridgehead atoms. The van der Waals surface area contributed by atoms with Crippen molar-refractivity contribution >= 4 is 5.78 Å². The number of piperidine rings is 1. The van der Waals surface area contributed by atoms with Crippen molar-refractivity contribution in [3.8, 4) is 0 Å². The summed E-state index contributed by atoms with van der Waals surface area (Å²) in [6.07, 6.45) is 9.54. The van der Waals surface area contributed by atoms with Crippen LogP contribution in [-0.2, 0) is 4.79 Å². The van der Waals surface area contributed by atoms with Crippen molar-refractivity contribution in [2.24, 2.45) is 11.8 Å². The molecule has 1 aliphatic heterocycles. The number of hydrogen-bond donors (Lipinski definition) is 1. The van der Waals surface area contributed by atoms with Crippen LogP contribution in [-0.4, -0.2) is 18.4 Å². The van der Waals surface area contributed by atoms with E-state index in [1.807, 2.05) is 0 Å². The lowest BCUT2D eigenvalue weighted by molar-refractivity contribution is -0.127. The highest BCUT2D eigenvalue weighted by atomic mass is 16.1. The van der Waals surface area contributed by atoms with Crippen LogP contribution >= 0.6 is 0 Å². The third-order valence-corrected chi connectivity index (χ3v) is 4.33. The molecule has 1 saturated heterocycles. The maximum Gasteiger partial charge on any atom is 0.137 e. The van der Waals surface area contributed by atoms with Gasteiger partial charge in [0.15, 0.2) is 0 Å². The summed E-state index contributed by atoms with van der Waals surface area (Å²) in [6, 6.07) is 0.501. The molecule has 2 aliphatic rings. The molecule has 16 heavy (non-hydrogen) atoms. The molecule has 1 aliphatic carbocycles. The zero-order valence-corrected chi connectivity index (χ0v) is 10.5. The summed E-state index contributed by atoms with van der Waals surface area (Å²) in [4.78, 5) is 12.0. The highest BCUT2D eigenvalue weighted by Gasteiger charge is 2.34. The molecule has 2 heteroatoms. The molecule has 0 aromatic carbocycles. The van der Waals surface area contributed by atoms with Crippen LogP contribution in [0.15, 0.2) is 0 Å². The molecule has 2 rings (SSSR count). The fraction of sp³-hybridized carbons (Fsp3) is 0.929. The van der Waals surface area contributed by atoms with Gasteiger partial charge in [-0.15, -0.1) is 0 Å². The van der Waals surface area contributed by atoms with Crippen molar-refractivity contribution in [1.82, 2.24) is 5.32 Å². The number of carbonyl (C=O) groups is 1. The molecule has 3 atom stereocenters. The Bertz CT molecular complexity index is 233. The lowest BCUT2D eigenvalue weighted by Crippen LogP contribution is -2.45. The van der Waals surface area contributed by atoms with E-state index in [2.05, 4.69) is 12.2 Å². The summed E-state index contributed by atoms with van der Waals surface area (Å²) in [5, 5.41) is 3.56. The van der Waals surface area contributed by atoms with Gasteiger partial charge in [0.05, 0.1) is 0 Å². The zero-order chi connectivity index (χ0) is 11.4. The number of ketones is 1. The second-order valence-corrected chi connectivity index (χ2v) is 5.56. The van der Waals surface area contributed by atoms with Crippen molar-refractivity contribution in [1.29, 1.82) is 0 Å². The quantitative estimate of drug-likeness (QED) is 0.797. The molecule has 0 aromatic rings. The Morgan fingerprint density at radius 2 is 2.19 bits per heavy atom. The van der Waals surface area contributed by atoms with Gasteiger partial charge in [0.1, 0.15) is 5.78 Å². The fourth-order valence-electron chi connectivity index (χ4n) is 3.42. The van der Waals surface area contributed by atoms with Crippen LogP contribution in [0.5, 0.6) is 0 Å². The van der Waals surface area contributed by atoms with Gasteiger partial charge in [-0.05, 0) is 38.1 Å². The van der Waals surface area contributed by atoms with E-state index in [1.165, 1.54) is 32.1 Å². The van der Waals surface area contributed by atoms with E-state index >= 15 is 0 Å². The van der Waals surface area contributed by atoms with Crippen molar-refractivity contribution in [3.05, 3.63) is 0 Å². The second-order valence-electron chi connectivity index (χ2n) is 5.56. The number of nitrogens with one attached hydrogen (secondary N) is 1. The van der Waals surface area contributed by atoms with Crippen LogP contribution in [0, 0.1) is 11.8 Å². The number of carbonyl (C=O) groups excluding carboxylic acids is 1. The maximum absolute atomic E-state index is 12.0. The van der Waals surface area contributed by atoms with Crippen molar-refractivity contribution in [3.63, 3.8) is 0 Å². The molecule has 2 fully saturated rings. The third-order valence-electron chi connectivity index (χ3n) is 4.33. The molecule has 0 aromatic heterocycles. The van der Waals surface area contributed by atoms with Crippen molar-refractivity contribution in [2.75, 3.05) is 6.54 Å². The van der Waals surface area contributed by atoms with E-state index in [0.717, 1.165) is 31.7 Å². The average molecular weight is 223 g/mol. The first-order chi connectivity index (χ1) is 7.81. The lowest BCUT2D eigenvalue weighted by atomic mass is 9.74. The Morgan fingerprint density at radius 3 is 2.88 bits per heavy atom. The second kappa shape index (κ2) is 5.81. The topological polar surface area (TPSA) is 29.1 Å². The van der Waals surface area contributed by atoms with Crippen molar-refractivity contribution < 1.29 is 4.79 Å². The van der Waals surface area contributed by atoms with Crippen LogP contribution < -0.4 is 5.32 Å². The minimum Gasteiger partial charge on any atom is -0.313 e. The largest absolute Gasteiger partial charge is 0.313 e. The Balaban J connectivity index is 1.91. The van der Waals surface area contributed by atoms with E-state index in [4.69, 9.17) is 0 Å². The summed E-state index contributed by atoms with van der Waals surface area (Å²) in [6.45, 7) is 3.37. The standard InChI is InChI=1S/C14H25NO/c1-2-5-11-7-8-14(16)12(10-11)13-6-3-4-9-15-13/h11-13,15H,2-10H2,1H3.